The summed E-state index contributed by atoms with van der Waals surface area (Å²) in [6.07, 6.45) is 7.20. The Morgan fingerprint density at radius 2 is 2.07 bits per heavy atom. The number of hydrogen-bond donors (Lipinski definition) is 1. The van der Waals surface area contributed by atoms with Crippen molar-refractivity contribution in [3.63, 3.8) is 0 Å². The van der Waals surface area contributed by atoms with Gasteiger partial charge >= 0.3 is 0 Å². The van der Waals surface area contributed by atoms with Gasteiger partial charge in [0.25, 0.3) is 0 Å². The normalized spacial score (nSPS) is 12.7. The Hall–Kier alpha value is -1.68. The van der Waals surface area contributed by atoms with E-state index >= 15 is 0 Å². The van der Waals surface area contributed by atoms with Gasteiger partial charge in [-0.05, 0) is 24.6 Å². The van der Waals surface area contributed by atoms with Gasteiger partial charge in [-0.2, -0.15) is 0 Å². The first kappa shape index (κ1) is 9.86. The number of rotatable bonds is 3. The molecule has 0 aliphatic rings. The highest BCUT2D eigenvalue weighted by atomic mass is 15.1. The number of nitrogens with zero attached hydrogens (tertiary/aromatic N) is 3. The number of nitrogens with two attached hydrogens (primary N) is 1. The summed E-state index contributed by atoms with van der Waals surface area (Å²) in [6.45, 7) is 2.75. The summed E-state index contributed by atoms with van der Waals surface area (Å²) in [5, 5.41) is 0. The molecule has 78 valence electrons. The van der Waals surface area contributed by atoms with Crippen molar-refractivity contribution in [1.29, 1.82) is 0 Å². The Morgan fingerprint density at radius 1 is 1.33 bits per heavy atom. The molecule has 1 atom stereocenters. The standard InChI is InChI=1S/C11H14N4/c1-9(12)11-6-14-8-15(11)7-10-2-4-13-5-3-10/h2-6,8-9H,7,12H2,1H3/t9-/m0/s1. The third kappa shape index (κ3) is 2.22. The van der Waals surface area contributed by atoms with Gasteiger partial charge in [-0.3, -0.25) is 4.98 Å². The van der Waals surface area contributed by atoms with E-state index in [1.165, 1.54) is 5.56 Å². The topological polar surface area (TPSA) is 56.7 Å². The molecule has 0 fully saturated rings. The highest BCUT2D eigenvalue weighted by molar-refractivity contribution is 5.13. The zero-order chi connectivity index (χ0) is 10.7. The molecular weight excluding hydrogens is 188 g/mol. The molecule has 0 saturated carbocycles. The Morgan fingerprint density at radius 3 is 2.73 bits per heavy atom. The van der Waals surface area contributed by atoms with Crippen LogP contribution in [0, 0.1) is 0 Å². The SMILES string of the molecule is C[C@H](N)c1cncn1Cc1ccncc1. The van der Waals surface area contributed by atoms with Crippen LogP contribution in [0.3, 0.4) is 0 Å². The fourth-order valence-corrected chi connectivity index (χ4v) is 1.53. The monoisotopic (exact) mass is 202 g/mol. The molecule has 0 spiro atoms. The Kier molecular flexibility index (Phi) is 2.78. The second-order valence-corrected chi connectivity index (χ2v) is 3.59. The maximum absolute atomic E-state index is 5.84. The molecule has 0 saturated heterocycles. The van der Waals surface area contributed by atoms with Crippen molar-refractivity contribution in [2.45, 2.75) is 19.5 Å². The van der Waals surface area contributed by atoms with Gasteiger partial charge in [0.1, 0.15) is 0 Å². The molecule has 4 heteroatoms. The third-order valence-corrected chi connectivity index (χ3v) is 2.31. The van der Waals surface area contributed by atoms with Crippen LogP contribution in [0.1, 0.15) is 24.2 Å². The van der Waals surface area contributed by atoms with E-state index in [2.05, 4.69) is 14.5 Å². The molecule has 4 nitrogen and oxygen atoms in total. The van der Waals surface area contributed by atoms with E-state index < -0.39 is 0 Å². The first-order chi connectivity index (χ1) is 7.27. The minimum Gasteiger partial charge on any atom is -0.329 e. The molecule has 2 rings (SSSR count). The van der Waals surface area contributed by atoms with Crippen molar-refractivity contribution in [1.82, 2.24) is 14.5 Å². The van der Waals surface area contributed by atoms with E-state index in [4.69, 9.17) is 5.73 Å². The minimum absolute atomic E-state index is 0.00865. The third-order valence-electron chi connectivity index (χ3n) is 2.31. The largest absolute Gasteiger partial charge is 0.329 e. The molecule has 2 aromatic rings. The van der Waals surface area contributed by atoms with Crippen LogP contribution >= 0.6 is 0 Å². The number of hydrogen-bond acceptors (Lipinski definition) is 3. The van der Waals surface area contributed by atoms with Crippen LogP contribution in [0.15, 0.2) is 37.1 Å². The van der Waals surface area contributed by atoms with Crippen molar-refractivity contribution in [2.24, 2.45) is 5.73 Å². The zero-order valence-corrected chi connectivity index (χ0v) is 8.67. The number of aromatic nitrogens is 3. The lowest BCUT2D eigenvalue weighted by Crippen LogP contribution is -2.12. The predicted octanol–water partition coefficient (Wildman–Crippen LogP) is 1.35. The van der Waals surface area contributed by atoms with Crippen LogP contribution < -0.4 is 5.73 Å². The average Bonchev–Trinajstić information content (AvgIpc) is 2.67. The van der Waals surface area contributed by atoms with Crippen molar-refractivity contribution < 1.29 is 0 Å². The Labute approximate surface area is 88.8 Å². The summed E-state index contributed by atoms with van der Waals surface area (Å²) in [6, 6.07) is 3.99. The molecule has 0 amide bonds. The quantitative estimate of drug-likeness (QED) is 0.817. The van der Waals surface area contributed by atoms with Crippen LogP contribution in [-0.2, 0) is 6.54 Å². The molecule has 2 heterocycles. The van der Waals surface area contributed by atoms with Crippen molar-refractivity contribution in [3.8, 4) is 0 Å². The first-order valence-electron chi connectivity index (χ1n) is 4.92. The molecule has 0 aromatic carbocycles. The molecular formula is C11H14N4. The van der Waals surface area contributed by atoms with E-state index in [1.54, 1.807) is 18.7 Å². The van der Waals surface area contributed by atoms with Gasteiger partial charge in [0.05, 0.1) is 12.0 Å². The molecule has 0 bridgehead atoms. The average molecular weight is 202 g/mol. The second kappa shape index (κ2) is 4.23. The fourth-order valence-electron chi connectivity index (χ4n) is 1.53. The summed E-state index contributed by atoms with van der Waals surface area (Å²) >= 11 is 0. The van der Waals surface area contributed by atoms with Crippen LogP contribution in [0.25, 0.3) is 0 Å². The van der Waals surface area contributed by atoms with Crippen molar-refractivity contribution >= 4 is 0 Å². The molecule has 0 aliphatic heterocycles. The predicted molar refractivity (Wildman–Crippen MR) is 58.2 cm³/mol. The van der Waals surface area contributed by atoms with Gasteiger partial charge in [-0.25, -0.2) is 4.98 Å². The summed E-state index contributed by atoms with van der Waals surface area (Å²) < 4.78 is 2.06. The van der Waals surface area contributed by atoms with E-state index in [0.717, 1.165) is 12.2 Å². The minimum atomic E-state index is 0.00865. The Bertz CT molecular complexity index is 419. The van der Waals surface area contributed by atoms with E-state index in [9.17, 15) is 0 Å². The lowest BCUT2D eigenvalue weighted by atomic mass is 10.2. The van der Waals surface area contributed by atoms with Crippen LogP contribution in [0.5, 0.6) is 0 Å². The highest BCUT2D eigenvalue weighted by Crippen LogP contribution is 2.10. The van der Waals surface area contributed by atoms with Crippen molar-refractivity contribution in [2.75, 3.05) is 0 Å². The molecule has 0 unspecified atom stereocenters. The van der Waals surface area contributed by atoms with Gasteiger partial charge in [0.15, 0.2) is 0 Å². The number of imidazole rings is 1. The summed E-state index contributed by atoms with van der Waals surface area (Å²) in [5.41, 5.74) is 8.09. The molecule has 0 radical (unpaired) electrons. The number of pyridine rings is 1. The summed E-state index contributed by atoms with van der Waals surface area (Å²) in [7, 11) is 0. The van der Waals surface area contributed by atoms with E-state index in [0.29, 0.717) is 0 Å². The van der Waals surface area contributed by atoms with Gasteiger partial charge in [-0.15, -0.1) is 0 Å². The van der Waals surface area contributed by atoms with Gasteiger partial charge in [0.2, 0.25) is 0 Å². The lowest BCUT2D eigenvalue weighted by molar-refractivity contribution is 0.674. The zero-order valence-electron chi connectivity index (χ0n) is 8.67. The van der Waals surface area contributed by atoms with Gasteiger partial charge in [-0.1, -0.05) is 0 Å². The second-order valence-electron chi connectivity index (χ2n) is 3.59. The maximum Gasteiger partial charge on any atom is 0.0951 e. The summed E-state index contributed by atoms with van der Waals surface area (Å²) in [5.74, 6) is 0. The molecule has 2 N–H and O–H groups in total. The molecule has 2 aromatic heterocycles. The van der Waals surface area contributed by atoms with Gasteiger partial charge < -0.3 is 10.3 Å². The Balaban J connectivity index is 2.21. The lowest BCUT2D eigenvalue weighted by Gasteiger charge is -2.10. The smallest absolute Gasteiger partial charge is 0.0951 e. The van der Waals surface area contributed by atoms with Crippen molar-refractivity contribution in [3.05, 3.63) is 48.3 Å². The van der Waals surface area contributed by atoms with Gasteiger partial charge in [0, 0.05) is 31.2 Å². The molecule has 0 aliphatic carbocycles. The van der Waals surface area contributed by atoms with E-state index in [-0.39, 0.29) is 6.04 Å². The van der Waals surface area contributed by atoms with E-state index in [1.807, 2.05) is 25.3 Å². The highest BCUT2D eigenvalue weighted by Gasteiger charge is 2.06. The van der Waals surface area contributed by atoms with Crippen LogP contribution in [0.4, 0.5) is 0 Å². The maximum atomic E-state index is 5.84. The fraction of sp³-hybridized carbons (Fsp3) is 0.273. The first-order valence-corrected chi connectivity index (χ1v) is 4.92. The molecule has 15 heavy (non-hydrogen) atoms. The summed E-state index contributed by atoms with van der Waals surface area (Å²) in [4.78, 5) is 8.09. The van der Waals surface area contributed by atoms with Crippen LogP contribution in [0.2, 0.25) is 0 Å². The van der Waals surface area contributed by atoms with Crippen LogP contribution in [-0.4, -0.2) is 14.5 Å².